The zero-order chi connectivity index (χ0) is 16.7. The summed E-state index contributed by atoms with van der Waals surface area (Å²) in [6, 6.07) is 0. The van der Waals surface area contributed by atoms with Gasteiger partial charge in [-0.3, -0.25) is 0 Å². The van der Waals surface area contributed by atoms with Gasteiger partial charge in [0, 0.05) is 0 Å². The van der Waals surface area contributed by atoms with Crippen LogP contribution in [0.25, 0.3) is 0 Å². The minimum Gasteiger partial charge on any atom is -0.460 e. The van der Waals surface area contributed by atoms with E-state index in [1.54, 1.807) is 13.3 Å². The summed E-state index contributed by atoms with van der Waals surface area (Å²) in [5, 5.41) is 0. The van der Waals surface area contributed by atoms with Crippen LogP contribution in [0.5, 0.6) is 0 Å². The summed E-state index contributed by atoms with van der Waals surface area (Å²) >= 11 is 0. The van der Waals surface area contributed by atoms with Crippen LogP contribution in [0.4, 0.5) is 4.39 Å². The Bertz CT molecular complexity index is 232. The Morgan fingerprint density at radius 1 is 1.19 bits per heavy atom. The standard InChI is InChI=1S/C10H18FO2P.C4H10.C2H5B/c1-14(2)9(11)10(12)13-8-6-4-3-5-7-8;1-3-4-2;1-2-3/h8-9H,3-7H2,1-2H3;3-4H2,1-2H3;2H2,1H3. The summed E-state index contributed by atoms with van der Waals surface area (Å²) in [5.41, 5.74) is 0. The van der Waals surface area contributed by atoms with E-state index >= 15 is 0 Å². The molecule has 1 aliphatic carbocycles. The molecule has 21 heavy (non-hydrogen) atoms. The minimum absolute atomic E-state index is 0.0237. The highest BCUT2D eigenvalue weighted by atomic mass is 31.1. The third-order valence-electron chi connectivity index (χ3n) is 2.98. The smallest absolute Gasteiger partial charge is 0.345 e. The first kappa shape index (κ1) is 23.2. The molecule has 1 saturated carbocycles. The van der Waals surface area contributed by atoms with Crippen LogP contribution in [0, 0.1) is 0 Å². The molecule has 5 heteroatoms. The van der Waals surface area contributed by atoms with Crippen molar-refractivity contribution in [1.82, 2.24) is 0 Å². The normalized spacial score (nSPS) is 16.1. The Morgan fingerprint density at radius 2 is 1.62 bits per heavy atom. The number of rotatable bonds is 4. The molecule has 1 atom stereocenters. The Balaban J connectivity index is 0. The van der Waals surface area contributed by atoms with Crippen LogP contribution in [-0.4, -0.2) is 39.2 Å². The molecule has 0 aromatic rings. The number of carbonyl (C=O) groups is 1. The number of ether oxygens (including phenoxy) is 1. The highest BCUT2D eigenvalue weighted by Crippen LogP contribution is 2.34. The molecule has 2 nitrogen and oxygen atoms in total. The third kappa shape index (κ3) is 14.6. The monoisotopic (exact) mass is 318 g/mol. The molecule has 2 radical (unpaired) electrons. The zero-order valence-electron chi connectivity index (χ0n) is 14.5. The molecule has 0 heterocycles. The van der Waals surface area contributed by atoms with E-state index in [-0.39, 0.29) is 6.10 Å². The highest BCUT2D eigenvalue weighted by Gasteiger charge is 2.26. The minimum atomic E-state index is -1.40. The van der Waals surface area contributed by atoms with Crippen molar-refractivity contribution in [3.63, 3.8) is 0 Å². The zero-order valence-corrected chi connectivity index (χ0v) is 15.4. The van der Waals surface area contributed by atoms with Crippen molar-refractivity contribution < 1.29 is 13.9 Å². The number of hydrogen-bond acceptors (Lipinski definition) is 2. The second-order valence-corrected chi connectivity index (χ2v) is 7.79. The van der Waals surface area contributed by atoms with Gasteiger partial charge in [0.25, 0.3) is 0 Å². The van der Waals surface area contributed by atoms with E-state index in [1.165, 1.54) is 19.3 Å². The van der Waals surface area contributed by atoms with Gasteiger partial charge in [-0.25, -0.2) is 9.18 Å². The topological polar surface area (TPSA) is 26.3 Å². The molecular formula is C16H33BFO2P. The Kier molecular flexibility index (Phi) is 17.9. The summed E-state index contributed by atoms with van der Waals surface area (Å²) < 4.78 is 18.3. The largest absolute Gasteiger partial charge is 0.460 e. The van der Waals surface area contributed by atoms with Gasteiger partial charge in [0.1, 0.15) is 6.10 Å². The van der Waals surface area contributed by atoms with E-state index in [1.807, 2.05) is 6.92 Å². The Morgan fingerprint density at radius 3 is 1.95 bits per heavy atom. The van der Waals surface area contributed by atoms with Crippen LogP contribution in [0.1, 0.15) is 65.7 Å². The van der Waals surface area contributed by atoms with Crippen LogP contribution < -0.4 is 0 Å². The number of esters is 1. The van der Waals surface area contributed by atoms with Crippen molar-refractivity contribution in [1.29, 1.82) is 0 Å². The fourth-order valence-corrected chi connectivity index (χ4v) is 2.10. The predicted molar refractivity (Wildman–Crippen MR) is 93.4 cm³/mol. The van der Waals surface area contributed by atoms with Gasteiger partial charge in [-0.2, -0.15) is 0 Å². The fraction of sp³-hybridized carbons (Fsp3) is 0.938. The summed E-state index contributed by atoms with van der Waals surface area (Å²) in [6.07, 6.45) is 8.59. The van der Waals surface area contributed by atoms with E-state index in [4.69, 9.17) is 12.6 Å². The number of unbranched alkanes of at least 4 members (excludes halogenated alkanes) is 1. The lowest BCUT2D eigenvalue weighted by molar-refractivity contribution is -0.153. The third-order valence-corrected chi connectivity index (χ3v) is 4.10. The number of carbonyl (C=O) groups excluding carboxylic acids is 1. The van der Waals surface area contributed by atoms with E-state index in [0.29, 0.717) is 0 Å². The van der Waals surface area contributed by atoms with Crippen molar-refractivity contribution in [3.05, 3.63) is 0 Å². The molecule has 1 aliphatic rings. The first-order valence-electron chi connectivity index (χ1n) is 8.15. The first-order chi connectivity index (χ1) is 9.94. The van der Waals surface area contributed by atoms with E-state index < -0.39 is 19.8 Å². The molecule has 0 bridgehead atoms. The summed E-state index contributed by atoms with van der Waals surface area (Å²) in [7, 11) is 3.98. The summed E-state index contributed by atoms with van der Waals surface area (Å²) in [5.74, 6) is -2.04. The average Bonchev–Trinajstić information content (AvgIpc) is 2.48. The van der Waals surface area contributed by atoms with Crippen molar-refractivity contribution >= 4 is 21.7 Å². The van der Waals surface area contributed by atoms with Crippen LogP contribution in [0.3, 0.4) is 0 Å². The molecule has 1 fully saturated rings. The first-order valence-corrected chi connectivity index (χ1v) is 10.5. The highest BCUT2D eigenvalue weighted by molar-refractivity contribution is 7.57. The van der Waals surface area contributed by atoms with Crippen molar-refractivity contribution in [3.8, 4) is 0 Å². The molecule has 124 valence electrons. The summed E-state index contributed by atoms with van der Waals surface area (Å²) in [6.45, 7) is 9.77. The van der Waals surface area contributed by atoms with Gasteiger partial charge >= 0.3 is 5.97 Å². The van der Waals surface area contributed by atoms with E-state index in [2.05, 4.69) is 13.8 Å². The van der Waals surface area contributed by atoms with Crippen molar-refractivity contribution in [2.75, 3.05) is 13.3 Å². The fourth-order valence-electron chi connectivity index (χ4n) is 1.61. The lowest BCUT2D eigenvalue weighted by Gasteiger charge is -2.23. The Hall–Kier alpha value is -0.105. The molecule has 1 unspecified atom stereocenters. The SMILES string of the molecule is CCCC.CP(C)C(F)C(=O)OC1CCCCC1.[B]CC. The van der Waals surface area contributed by atoms with Gasteiger partial charge in [-0.15, -0.1) is 0 Å². The van der Waals surface area contributed by atoms with Crippen molar-refractivity contribution in [2.24, 2.45) is 0 Å². The lowest BCUT2D eigenvalue weighted by atomic mass is 9.98. The van der Waals surface area contributed by atoms with Crippen LogP contribution in [-0.2, 0) is 9.53 Å². The maximum Gasteiger partial charge on any atom is 0.345 e. The van der Waals surface area contributed by atoms with Gasteiger partial charge in [-0.05, 0) is 39.0 Å². The molecular weight excluding hydrogens is 285 g/mol. The second-order valence-electron chi connectivity index (χ2n) is 5.40. The van der Waals surface area contributed by atoms with Gasteiger partial charge < -0.3 is 4.74 Å². The Labute approximate surface area is 133 Å². The van der Waals surface area contributed by atoms with E-state index in [0.717, 1.165) is 32.0 Å². The lowest BCUT2D eigenvalue weighted by Crippen LogP contribution is -2.25. The molecule has 0 amide bonds. The maximum absolute atomic E-state index is 13.2. The average molecular weight is 318 g/mol. The van der Waals surface area contributed by atoms with Crippen LogP contribution in [0.2, 0.25) is 6.32 Å². The van der Waals surface area contributed by atoms with Gasteiger partial charge in [0.05, 0.1) is 7.85 Å². The van der Waals surface area contributed by atoms with Crippen LogP contribution in [0.15, 0.2) is 0 Å². The van der Waals surface area contributed by atoms with Crippen molar-refractivity contribution in [2.45, 2.75) is 84.1 Å². The molecule has 0 aromatic carbocycles. The number of alkyl halides is 1. The molecule has 0 N–H and O–H groups in total. The quantitative estimate of drug-likeness (QED) is 0.399. The predicted octanol–water partition coefficient (Wildman–Crippen LogP) is 5.30. The van der Waals surface area contributed by atoms with Crippen LogP contribution >= 0.6 is 7.92 Å². The van der Waals surface area contributed by atoms with Gasteiger partial charge in [0.15, 0.2) is 0 Å². The second kappa shape index (κ2) is 16.3. The number of hydrogen-bond donors (Lipinski definition) is 0. The molecule has 0 spiro atoms. The molecule has 0 aliphatic heterocycles. The van der Waals surface area contributed by atoms with E-state index in [9.17, 15) is 9.18 Å². The molecule has 0 aromatic heterocycles. The molecule has 1 rings (SSSR count). The molecule has 0 saturated heterocycles. The number of halogens is 1. The van der Waals surface area contributed by atoms with Gasteiger partial charge in [-0.1, -0.05) is 54.3 Å². The van der Waals surface area contributed by atoms with Gasteiger partial charge in [0.2, 0.25) is 5.91 Å². The summed E-state index contributed by atoms with van der Waals surface area (Å²) in [4.78, 5) is 11.3. The maximum atomic E-state index is 13.2.